The van der Waals surface area contributed by atoms with Gasteiger partial charge >= 0.3 is 0 Å². The summed E-state index contributed by atoms with van der Waals surface area (Å²) in [5.41, 5.74) is 13.7. The number of nitrogens with one attached hydrogen (secondary N) is 3. The van der Waals surface area contributed by atoms with Crippen molar-refractivity contribution in [2.75, 3.05) is 16.5 Å². The van der Waals surface area contributed by atoms with Crippen LogP contribution in [0.4, 0.5) is 23.0 Å². The van der Waals surface area contributed by atoms with Crippen LogP contribution in [0.5, 0.6) is 0 Å². The second-order valence-electron chi connectivity index (χ2n) is 5.61. The monoisotopic (exact) mass is 402 g/mol. The first-order chi connectivity index (χ1) is 13.0. The number of carbonyl (C=O) groups excluding carboxylic acids is 1. The van der Waals surface area contributed by atoms with Crippen LogP contribution in [-0.2, 0) is 0 Å². The molecule has 1 heterocycles. The molecule has 0 saturated heterocycles. The average Bonchev–Trinajstić information content (AvgIpc) is 2.66. The van der Waals surface area contributed by atoms with Crippen molar-refractivity contribution in [2.24, 2.45) is 0 Å². The highest BCUT2D eigenvalue weighted by atomic mass is 35.5. The van der Waals surface area contributed by atoms with E-state index in [4.69, 9.17) is 28.9 Å². The summed E-state index contributed by atoms with van der Waals surface area (Å²) in [5, 5.41) is 4.29. The van der Waals surface area contributed by atoms with Crippen molar-refractivity contribution in [1.82, 2.24) is 15.4 Å². The smallest absolute Gasteiger partial charge is 0.269 e. The molecule has 0 aliphatic heterocycles. The molecule has 0 radical (unpaired) electrons. The lowest BCUT2D eigenvalue weighted by atomic mass is 10.2. The Bertz CT molecular complexity index is 978. The number of benzene rings is 2. The number of carbonyl (C=O) groups is 1. The number of anilines is 4. The first kappa shape index (κ1) is 18.8. The fourth-order valence-electron chi connectivity index (χ4n) is 2.25. The van der Waals surface area contributed by atoms with Gasteiger partial charge in [-0.05, 0) is 48.9 Å². The first-order valence-corrected chi connectivity index (χ1v) is 8.66. The SMILES string of the molecule is Cc1c(Cl)cccc1Nc1ncnc(NNC(=O)c2ccc(Cl)cc2)c1N. The van der Waals surface area contributed by atoms with Gasteiger partial charge < -0.3 is 11.1 Å². The zero-order valence-electron chi connectivity index (χ0n) is 14.3. The normalized spacial score (nSPS) is 10.3. The van der Waals surface area contributed by atoms with Crippen LogP contribution in [0.15, 0.2) is 48.8 Å². The third-order valence-corrected chi connectivity index (χ3v) is 4.47. The number of nitrogens with two attached hydrogens (primary N) is 1. The molecule has 0 spiro atoms. The molecule has 0 unspecified atom stereocenters. The number of hydrazine groups is 1. The summed E-state index contributed by atoms with van der Waals surface area (Å²) in [5.74, 6) is 0.290. The molecule has 3 rings (SSSR count). The Balaban J connectivity index is 1.74. The largest absolute Gasteiger partial charge is 0.393 e. The van der Waals surface area contributed by atoms with Gasteiger partial charge in [-0.1, -0.05) is 29.3 Å². The van der Waals surface area contributed by atoms with Gasteiger partial charge in [-0.25, -0.2) is 9.97 Å². The molecule has 7 nitrogen and oxygen atoms in total. The molecule has 9 heteroatoms. The summed E-state index contributed by atoms with van der Waals surface area (Å²) in [4.78, 5) is 20.4. The number of hydrogen-bond donors (Lipinski definition) is 4. The van der Waals surface area contributed by atoms with Crippen LogP contribution >= 0.6 is 23.2 Å². The lowest BCUT2D eigenvalue weighted by molar-refractivity contribution is 0.0962. The second-order valence-corrected chi connectivity index (χ2v) is 6.45. The van der Waals surface area contributed by atoms with Crippen molar-refractivity contribution < 1.29 is 4.79 Å². The Labute approximate surface area is 165 Å². The predicted octanol–water partition coefficient (Wildman–Crippen LogP) is 4.17. The van der Waals surface area contributed by atoms with E-state index in [0.717, 1.165) is 11.3 Å². The predicted molar refractivity (Wildman–Crippen MR) is 108 cm³/mol. The molecule has 27 heavy (non-hydrogen) atoms. The standard InChI is InChI=1S/C18H16Cl2N6O/c1-10-13(20)3-2-4-14(10)24-16-15(21)17(23-9-22-16)25-26-18(27)11-5-7-12(19)8-6-11/h2-9H,21H2,1H3,(H,26,27)(H2,22,23,24,25). The van der Waals surface area contributed by atoms with Crippen LogP contribution in [0.2, 0.25) is 10.0 Å². The number of rotatable bonds is 5. The average molecular weight is 403 g/mol. The molecule has 3 aromatic rings. The topological polar surface area (TPSA) is 105 Å². The van der Waals surface area contributed by atoms with Gasteiger partial charge in [0.25, 0.3) is 5.91 Å². The van der Waals surface area contributed by atoms with E-state index in [1.54, 1.807) is 30.3 Å². The van der Waals surface area contributed by atoms with Crippen LogP contribution in [-0.4, -0.2) is 15.9 Å². The second kappa shape index (κ2) is 8.11. The molecule has 2 aromatic carbocycles. The van der Waals surface area contributed by atoms with E-state index < -0.39 is 0 Å². The van der Waals surface area contributed by atoms with Crippen molar-refractivity contribution in [2.45, 2.75) is 6.92 Å². The maximum Gasteiger partial charge on any atom is 0.269 e. The van der Waals surface area contributed by atoms with E-state index >= 15 is 0 Å². The molecule has 1 amide bonds. The minimum Gasteiger partial charge on any atom is -0.393 e. The summed E-state index contributed by atoms with van der Waals surface area (Å²) in [6, 6.07) is 12.0. The van der Waals surface area contributed by atoms with E-state index in [1.165, 1.54) is 6.33 Å². The van der Waals surface area contributed by atoms with Gasteiger partial charge in [-0.15, -0.1) is 0 Å². The fraction of sp³-hybridized carbons (Fsp3) is 0.0556. The zero-order chi connectivity index (χ0) is 19.4. The Morgan fingerprint density at radius 2 is 1.74 bits per heavy atom. The minimum absolute atomic E-state index is 0.244. The Kier molecular flexibility index (Phi) is 5.63. The van der Waals surface area contributed by atoms with Crippen LogP contribution in [0.25, 0.3) is 0 Å². The number of nitrogen functional groups attached to an aromatic ring is 1. The zero-order valence-corrected chi connectivity index (χ0v) is 15.8. The van der Waals surface area contributed by atoms with Gasteiger partial charge in [0.1, 0.15) is 12.0 Å². The lowest BCUT2D eigenvalue weighted by Gasteiger charge is -2.14. The van der Waals surface area contributed by atoms with Crippen LogP contribution in [0.1, 0.15) is 15.9 Å². The summed E-state index contributed by atoms with van der Waals surface area (Å²) in [7, 11) is 0. The number of hydrogen-bond acceptors (Lipinski definition) is 6. The number of aromatic nitrogens is 2. The number of amides is 1. The highest BCUT2D eigenvalue weighted by molar-refractivity contribution is 6.31. The van der Waals surface area contributed by atoms with Crippen LogP contribution in [0.3, 0.4) is 0 Å². The molecule has 0 aliphatic rings. The Hall–Kier alpha value is -3.03. The maximum atomic E-state index is 12.2. The van der Waals surface area contributed by atoms with Crippen molar-refractivity contribution in [1.29, 1.82) is 0 Å². The fourth-order valence-corrected chi connectivity index (χ4v) is 2.56. The van der Waals surface area contributed by atoms with E-state index in [2.05, 4.69) is 26.1 Å². The Morgan fingerprint density at radius 3 is 2.48 bits per heavy atom. The molecule has 0 bridgehead atoms. The molecule has 0 atom stereocenters. The molecule has 0 saturated carbocycles. The summed E-state index contributed by atoms with van der Waals surface area (Å²) < 4.78 is 0. The van der Waals surface area contributed by atoms with Crippen molar-refractivity contribution in [3.63, 3.8) is 0 Å². The van der Waals surface area contributed by atoms with Crippen molar-refractivity contribution >= 4 is 52.1 Å². The van der Waals surface area contributed by atoms with E-state index in [1.807, 2.05) is 19.1 Å². The van der Waals surface area contributed by atoms with Crippen LogP contribution < -0.4 is 21.9 Å². The molecule has 0 fully saturated rings. The van der Waals surface area contributed by atoms with Crippen molar-refractivity contribution in [3.8, 4) is 0 Å². The van der Waals surface area contributed by atoms with Gasteiger partial charge in [0.05, 0.1) is 0 Å². The Morgan fingerprint density at radius 1 is 1.04 bits per heavy atom. The van der Waals surface area contributed by atoms with E-state index in [9.17, 15) is 4.79 Å². The third kappa shape index (κ3) is 4.39. The summed E-state index contributed by atoms with van der Waals surface area (Å²) in [6.07, 6.45) is 1.33. The van der Waals surface area contributed by atoms with Gasteiger partial charge in [-0.3, -0.25) is 15.6 Å². The van der Waals surface area contributed by atoms with Crippen molar-refractivity contribution in [3.05, 3.63) is 70.0 Å². The highest BCUT2D eigenvalue weighted by Crippen LogP contribution is 2.29. The van der Waals surface area contributed by atoms with Gasteiger partial charge in [-0.2, -0.15) is 0 Å². The molecule has 5 N–H and O–H groups in total. The third-order valence-electron chi connectivity index (χ3n) is 3.81. The molecule has 1 aromatic heterocycles. The lowest BCUT2D eigenvalue weighted by Crippen LogP contribution is -2.30. The van der Waals surface area contributed by atoms with Gasteiger partial charge in [0, 0.05) is 21.3 Å². The molecular formula is C18H16Cl2N6O. The maximum absolute atomic E-state index is 12.2. The molecule has 138 valence electrons. The minimum atomic E-state index is -0.357. The summed E-state index contributed by atoms with van der Waals surface area (Å²) in [6.45, 7) is 1.88. The highest BCUT2D eigenvalue weighted by Gasteiger charge is 2.12. The molecular weight excluding hydrogens is 387 g/mol. The van der Waals surface area contributed by atoms with Gasteiger partial charge in [0.2, 0.25) is 0 Å². The summed E-state index contributed by atoms with van der Waals surface area (Å²) >= 11 is 12.0. The molecule has 0 aliphatic carbocycles. The first-order valence-electron chi connectivity index (χ1n) is 7.90. The van der Waals surface area contributed by atoms with E-state index in [0.29, 0.717) is 21.4 Å². The van der Waals surface area contributed by atoms with Crippen LogP contribution in [0, 0.1) is 6.92 Å². The number of halogens is 2. The van der Waals surface area contributed by atoms with E-state index in [-0.39, 0.29) is 17.4 Å². The number of nitrogens with zero attached hydrogens (tertiary/aromatic N) is 2. The van der Waals surface area contributed by atoms with Gasteiger partial charge in [0.15, 0.2) is 11.6 Å². The quantitative estimate of drug-likeness (QED) is 0.477.